The molecule has 2 unspecified atom stereocenters. The summed E-state index contributed by atoms with van der Waals surface area (Å²) in [5.74, 6) is 0. The van der Waals surface area contributed by atoms with Crippen LogP contribution in [0, 0.1) is 0 Å². The highest BCUT2D eigenvalue weighted by Gasteiger charge is 2.18. The monoisotopic (exact) mass is 250 g/mol. The van der Waals surface area contributed by atoms with Gasteiger partial charge in [0.25, 0.3) is 0 Å². The third-order valence-corrected chi connectivity index (χ3v) is 2.99. The molecule has 1 aliphatic rings. The van der Waals surface area contributed by atoms with Crippen molar-refractivity contribution in [2.24, 2.45) is 0 Å². The second kappa shape index (κ2) is 6.80. The van der Waals surface area contributed by atoms with Gasteiger partial charge in [0.1, 0.15) is 0 Å². The first kappa shape index (κ1) is 11.5. The highest BCUT2D eigenvalue weighted by molar-refractivity contribution is 9.09. The average Bonchev–Trinajstić information content (AvgIpc) is 2.19. The quantitative estimate of drug-likeness (QED) is 0.699. The number of alkyl halides is 1. The molecule has 0 bridgehead atoms. The Balaban J connectivity index is 2.18. The smallest absolute Gasteiger partial charge is 0.157 e. The summed E-state index contributed by atoms with van der Waals surface area (Å²) in [7, 11) is 0. The van der Waals surface area contributed by atoms with Gasteiger partial charge >= 0.3 is 0 Å². The molecule has 0 aromatic rings. The van der Waals surface area contributed by atoms with E-state index in [9.17, 15) is 0 Å². The Labute approximate surface area is 89.1 Å². The summed E-state index contributed by atoms with van der Waals surface area (Å²) in [4.78, 5) is 0. The van der Waals surface area contributed by atoms with Gasteiger partial charge in [-0.3, -0.25) is 0 Å². The van der Waals surface area contributed by atoms with E-state index < -0.39 is 0 Å². The van der Waals surface area contributed by atoms with E-state index in [4.69, 9.17) is 9.47 Å². The van der Waals surface area contributed by atoms with Gasteiger partial charge in [0, 0.05) is 11.9 Å². The fraction of sp³-hybridized carbons (Fsp3) is 1.00. The van der Waals surface area contributed by atoms with Crippen molar-refractivity contribution < 1.29 is 9.47 Å². The lowest BCUT2D eigenvalue weighted by molar-refractivity contribution is -0.184. The number of rotatable bonds is 5. The summed E-state index contributed by atoms with van der Waals surface area (Å²) in [5.41, 5.74) is 0. The molecule has 1 aliphatic heterocycles. The lowest BCUT2D eigenvalue weighted by Crippen LogP contribution is -2.28. The Kier molecular flexibility index (Phi) is 6.00. The van der Waals surface area contributed by atoms with Crippen LogP contribution in [0.25, 0.3) is 0 Å². The summed E-state index contributed by atoms with van der Waals surface area (Å²) >= 11 is 3.46. The molecule has 0 spiro atoms. The maximum atomic E-state index is 5.81. The molecular weight excluding hydrogens is 232 g/mol. The van der Waals surface area contributed by atoms with Gasteiger partial charge < -0.3 is 9.47 Å². The minimum atomic E-state index is 0.0582. The van der Waals surface area contributed by atoms with E-state index in [1.54, 1.807) is 0 Å². The van der Waals surface area contributed by atoms with Gasteiger partial charge in [0.2, 0.25) is 0 Å². The molecule has 78 valence electrons. The Morgan fingerprint density at radius 1 is 1.54 bits per heavy atom. The number of hydrogen-bond donors (Lipinski definition) is 0. The summed E-state index contributed by atoms with van der Waals surface area (Å²) in [5, 5.41) is 0.917. The SMILES string of the molecule is CCCC(CBr)OC1CCCCO1. The van der Waals surface area contributed by atoms with Crippen molar-refractivity contribution in [3.05, 3.63) is 0 Å². The van der Waals surface area contributed by atoms with Crippen LogP contribution in [-0.2, 0) is 9.47 Å². The molecule has 1 saturated heterocycles. The zero-order valence-electron chi connectivity index (χ0n) is 8.30. The number of ether oxygens (including phenoxy) is 2. The predicted octanol–water partition coefficient (Wildman–Crippen LogP) is 3.09. The van der Waals surface area contributed by atoms with E-state index in [1.807, 2.05) is 0 Å². The predicted molar refractivity (Wildman–Crippen MR) is 57.2 cm³/mol. The van der Waals surface area contributed by atoms with Crippen LogP contribution in [0.4, 0.5) is 0 Å². The molecule has 2 atom stereocenters. The Morgan fingerprint density at radius 2 is 2.38 bits per heavy atom. The van der Waals surface area contributed by atoms with Crippen LogP contribution in [-0.4, -0.2) is 24.3 Å². The highest BCUT2D eigenvalue weighted by atomic mass is 79.9. The summed E-state index contributed by atoms with van der Waals surface area (Å²) < 4.78 is 11.3. The maximum Gasteiger partial charge on any atom is 0.157 e. The van der Waals surface area contributed by atoms with Crippen molar-refractivity contribution in [2.45, 2.75) is 51.4 Å². The van der Waals surface area contributed by atoms with Gasteiger partial charge in [-0.25, -0.2) is 0 Å². The van der Waals surface area contributed by atoms with E-state index in [-0.39, 0.29) is 6.29 Å². The van der Waals surface area contributed by atoms with Crippen LogP contribution in [0.2, 0.25) is 0 Å². The fourth-order valence-corrected chi connectivity index (χ4v) is 2.01. The molecule has 0 aromatic heterocycles. The molecule has 0 aromatic carbocycles. The van der Waals surface area contributed by atoms with Gasteiger partial charge in [-0.15, -0.1) is 0 Å². The lowest BCUT2D eigenvalue weighted by atomic mass is 10.2. The van der Waals surface area contributed by atoms with Crippen LogP contribution < -0.4 is 0 Å². The summed E-state index contributed by atoms with van der Waals surface area (Å²) in [6.07, 6.45) is 6.16. The van der Waals surface area contributed by atoms with E-state index in [0.717, 1.165) is 24.8 Å². The molecule has 0 aliphatic carbocycles. The minimum absolute atomic E-state index is 0.0582. The first-order valence-electron chi connectivity index (χ1n) is 5.19. The summed E-state index contributed by atoms with van der Waals surface area (Å²) in [6, 6.07) is 0. The van der Waals surface area contributed by atoms with Crippen molar-refractivity contribution in [2.75, 3.05) is 11.9 Å². The third kappa shape index (κ3) is 4.43. The van der Waals surface area contributed by atoms with Crippen LogP contribution in [0.5, 0.6) is 0 Å². The minimum Gasteiger partial charge on any atom is -0.353 e. The molecule has 0 N–H and O–H groups in total. The molecule has 1 heterocycles. The van der Waals surface area contributed by atoms with Crippen molar-refractivity contribution in [3.63, 3.8) is 0 Å². The maximum absolute atomic E-state index is 5.81. The molecule has 0 saturated carbocycles. The van der Waals surface area contributed by atoms with Gasteiger partial charge in [-0.2, -0.15) is 0 Å². The van der Waals surface area contributed by atoms with Crippen LogP contribution in [0.1, 0.15) is 39.0 Å². The van der Waals surface area contributed by atoms with E-state index in [0.29, 0.717) is 6.10 Å². The molecule has 2 nitrogen and oxygen atoms in total. The molecule has 13 heavy (non-hydrogen) atoms. The standard InChI is InChI=1S/C10H19BrO2/c1-2-5-9(8-11)13-10-6-3-4-7-12-10/h9-10H,2-8H2,1H3. The van der Waals surface area contributed by atoms with E-state index in [1.165, 1.54) is 19.3 Å². The lowest BCUT2D eigenvalue weighted by Gasteiger charge is -2.26. The highest BCUT2D eigenvalue weighted by Crippen LogP contribution is 2.17. The zero-order valence-corrected chi connectivity index (χ0v) is 9.88. The second-order valence-electron chi connectivity index (χ2n) is 3.50. The number of halogens is 1. The van der Waals surface area contributed by atoms with E-state index in [2.05, 4.69) is 22.9 Å². The largest absolute Gasteiger partial charge is 0.353 e. The molecular formula is C10H19BrO2. The van der Waals surface area contributed by atoms with Gasteiger partial charge in [-0.1, -0.05) is 29.3 Å². The first-order valence-corrected chi connectivity index (χ1v) is 6.32. The van der Waals surface area contributed by atoms with Crippen LogP contribution in [0.3, 0.4) is 0 Å². The first-order chi connectivity index (χ1) is 6.36. The third-order valence-electron chi connectivity index (χ3n) is 2.26. The van der Waals surface area contributed by atoms with Crippen molar-refractivity contribution in [1.29, 1.82) is 0 Å². The zero-order chi connectivity index (χ0) is 9.52. The Bertz CT molecular complexity index is 121. The topological polar surface area (TPSA) is 18.5 Å². The summed E-state index contributed by atoms with van der Waals surface area (Å²) in [6.45, 7) is 3.05. The van der Waals surface area contributed by atoms with Crippen molar-refractivity contribution in [3.8, 4) is 0 Å². The van der Waals surface area contributed by atoms with Crippen molar-refractivity contribution in [1.82, 2.24) is 0 Å². The molecule has 1 fully saturated rings. The van der Waals surface area contributed by atoms with Gasteiger partial charge in [-0.05, 0) is 25.7 Å². The van der Waals surface area contributed by atoms with Crippen molar-refractivity contribution >= 4 is 15.9 Å². The normalized spacial score (nSPS) is 25.8. The van der Waals surface area contributed by atoms with Gasteiger partial charge in [0.05, 0.1) is 6.10 Å². The number of hydrogen-bond acceptors (Lipinski definition) is 2. The Hall–Kier alpha value is 0.400. The molecule has 0 amide bonds. The second-order valence-corrected chi connectivity index (χ2v) is 4.14. The molecule has 1 rings (SSSR count). The van der Waals surface area contributed by atoms with Crippen LogP contribution in [0.15, 0.2) is 0 Å². The molecule has 3 heteroatoms. The van der Waals surface area contributed by atoms with Crippen LogP contribution >= 0.6 is 15.9 Å². The molecule has 0 radical (unpaired) electrons. The Morgan fingerprint density at radius 3 is 2.92 bits per heavy atom. The van der Waals surface area contributed by atoms with Gasteiger partial charge in [0.15, 0.2) is 6.29 Å². The van der Waals surface area contributed by atoms with E-state index >= 15 is 0 Å². The fourth-order valence-electron chi connectivity index (χ4n) is 1.54. The average molecular weight is 251 g/mol.